The molecule has 0 fully saturated rings. The first-order valence-electron chi connectivity index (χ1n) is 5.58. The fourth-order valence-corrected chi connectivity index (χ4v) is 3.17. The van der Waals surface area contributed by atoms with E-state index in [4.69, 9.17) is 16.3 Å². The van der Waals surface area contributed by atoms with Crippen LogP contribution in [0, 0.1) is 6.92 Å². The van der Waals surface area contributed by atoms with Crippen molar-refractivity contribution in [2.75, 3.05) is 6.61 Å². The Morgan fingerprint density at radius 2 is 2.33 bits per heavy atom. The van der Waals surface area contributed by atoms with Crippen LogP contribution in [-0.4, -0.2) is 16.8 Å². The number of hydrogen-bond acceptors (Lipinski definition) is 4. The minimum absolute atomic E-state index is 0.444. The van der Waals surface area contributed by atoms with Crippen LogP contribution in [0.4, 0.5) is 0 Å². The molecule has 0 atom stereocenters. The SMILES string of the molecule is Cc1nc(-c2ccc3c(c2)CCO3)sc1C(=O)Cl. The molecule has 0 N–H and O–H groups in total. The maximum absolute atomic E-state index is 11.2. The zero-order valence-corrected chi connectivity index (χ0v) is 11.3. The number of carbonyl (C=O) groups excluding carboxylic acids is 1. The third-order valence-corrected chi connectivity index (χ3v) is 4.42. The molecule has 1 aliphatic heterocycles. The highest BCUT2D eigenvalue weighted by Crippen LogP contribution is 2.33. The number of aromatic nitrogens is 1. The summed E-state index contributed by atoms with van der Waals surface area (Å²) in [6.45, 7) is 2.53. The first kappa shape index (κ1) is 11.7. The fraction of sp³-hybridized carbons (Fsp3) is 0.231. The Kier molecular flexibility index (Phi) is 2.84. The molecule has 5 heteroatoms. The Morgan fingerprint density at radius 1 is 1.50 bits per heavy atom. The second kappa shape index (κ2) is 4.37. The summed E-state index contributed by atoms with van der Waals surface area (Å²) in [5, 5.41) is 0.381. The second-order valence-electron chi connectivity index (χ2n) is 4.13. The van der Waals surface area contributed by atoms with Crippen LogP contribution in [0.3, 0.4) is 0 Å². The lowest BCUT2D eigenvalue weighted by Gasteiger charge is -2.00. The van der Waals surface area contributed by atoms with Crippen LogP contribution < -0.4 is 4.74 Å². The zero-order chi connectivity index (χ0) is 12.7. The summed E-state index contributed by atoms with van der Waals surface area (Å²) < 4.78 is 5.46. The molecule has 1 aromatic heterocycles. The highest BCUT2D eigenvalue weighted by molar-refractivity contribution is 7.18. The summed E-state index contributed by atoms with van der Waals surface area (Å²) in [4.78, 5) is 16.1. The van der Waals surface area contributed by atoms with Crippen LogP contribution >= 0.6 is 22.9 Å². The van der Waals surface area contributed by atoms with Gasteiger partial charge >= 0.3 is 0 Å². The number of carbonyl (C=O) groups is 1. The van der Waals surface area contributed by atoms with Crippen molar-refractivity contribution in [3.8, 4) is 16.3 Å². The third kappa shape index (κ3) is 1.91. The van der Waals surface area contributed by atoms with Crippen molar-refractivity contribution >= 4 is 28.2 Å². The van der Waals surface area contributed by atoms with Crippen molar-refractivity contribution < 1.29 is 9.53 Å². The first-order chi connectivity index (χ1) is 8.65. The molecule has 1 aliphatic rings. The normalized spacial score (nSPS) is 13.2. The van der Waals surface area contributed by atoms with Crippen molar-refractivity contribution in [3.05, 3.63) is 34.3 Å². The van der Waals surface area contributed by atoms with Crippen LogP contribution in [0.2, 0.25) is 0 Å². The summed E-state index contributed by atoms with van der Waals surface area (Å²) in [6.07, 6.45) is 0.925. The molecule has 1 aromatic carbocycles. The predicted octanol–water partition coefficient (Wildman–Crippen LogP) is 3.43. The average molecular weight is 280 g/mol. The Bertz CT molecular complexity index is 636. The average Bonchev–Trinajstić information content (AvgIpc) is 2.93. The van der Waals surface area contributed by atoms with Crippen LogP contribution in [0.1, 0.15) is 20.9 Å². The molecular formula is C13H10ClNO2S. The highest BCUT2D eigenvalue weighted by atomic mass is 35.5. The number of ether oxygens (including phenoxy) is 1. The highest BCUT2D eigenvalue weighted by Gasteiger charge is 2.17. The number of nitrogens with zero attached hydrogens (tertiary/aromatic N) is 1. The quantitative estimate of drug-likeness (QED) is 0.791. The lowest BCUT2D eigenvalue weighted by atomic mass is 10.1. The van der Waals surface area contributed by atoms with Gasteiger partial charge in [-0.15, -0.1) is 11.3 Å². The van der Waals surface area contributed by atoms with E-state index in [9.17, 15) is 4.79 Å². The number of rotatable bonds is 2. The number of thiazole rings is 1. The Hall–Kier alpha value is -1.39. The van der Waals surface area contributed by atoms with Gasteiger partial charge in [-0.05, 0) is 42.3 Å². The van der Waals surface area contributed by atoms with E-state index in [1.165, 1.54) is 16.9 Å². The van der Waals surface area contributed by atoms with Gasteiger partial charge in [0.15, 0.2) is 0 Å². The number of benzene rings is 1. The van der Waals surface area contributed by atoms with Gasteiger partial charge in [-0.1, -0.05) is 0 Å². The maximum Gasteiger partial charge on any atom is 0.264 e. The summed E-state index contributed by atoms with van der Waals surface area (Å²) in [6, 6.07) is 5.99. The van der Waals surface area contributed by atoms with Gasteiger partial charge in [-0.25, -0.2) is 4.98 Å². The van der Waals surface area contributed by atoms with Gasteiger partial charge in [0.25, 0.3) is 5.24 Å². The molecule has 3 rings (SSSR count). The molecule has 2 heterocycles. The third-order valence-electron chi connectivity index (χ3n) is 2.91. The predicted molar refractivity (Wildman–Crippen MR) is 71.7 cm³/mol. The largest absolute Gasteiger partial charge is 0.493 e. The van der Waals surface area contributed by atoms with E-state index in [0.717, 1.165) is 29.3 Å². The van der Waals surface area contributed by atoms with E-state index in [-0.39, 0.29) is 0 Å². The molecule has 92 valence electrons. The minimum atomic E-state index is -0.444. The molecule has 0 spiro atoms. The van der Waals surface area contributed by atoms with Crippen molar-refractivity contribution in [2.45, 2.75) is 13.3 Å². The molecular weight excluding hydrogens is 270 g/mol. The van der Waals surface area contributed by atoms with Gasteiger partial charge in [0.05, 0.1) is 12.3 Å². The Morgan fingerprint density at radius 3 is 3.06 bits per heavy atom. The summed E-state index contributed by atoms with van der Waals surface area (Å²) in [7, 11) is 0. The molecule has 0 aliphatic carbocycles. The van der Waals surface area contributed by atoms with Crippen molar-refractivity contribution in [1.82, 2.24) is 4.98 Å². The van der Waals surface area contributed by atoms with Crippen molar-refractivity contribution in [2.24, 2.45) is 0 Å². The number of fused-ring (bicyclic) bond motifs is 1. The maximum atomic E-state index is 11.2. The van der Waals surface area contributed by atoms with Crippen LogP contribution in [0.25, 0.3) is 10.6 Å². The van der Waals surface area contributed by atoms with E-state index < -0.39 is 5.24 Å². The molecule has 3 nitrogen and oxygen atoms in total. The minimum Gasteiger partial charge on any atom is -0.493 e. The zero-order valence-electron chi connectivity index (χ0n) is 9.70. The topological polar surface area (TPSA) is 39.2 Å². The van der Waals surface area contributed by atoms with Crippen molar-refractivity contribution in [1.29, 1.82) is 0 Å². The van der Waals surface area contributed by atoms with E-state index in [2.05, 4.69) is 11.1 Å². The van der Waals surface area contributed by atoms with Crippen LogP contribution in [0.5, 0.6) is 5.75 Å². The molecule has 0 bridgehead atoms. The van der Waals surface area contributed by atoms with Gasteiger partial charge < -0.3 is 4.74 Å². The second-order valence-corrected chi connectivity index (χ2v) is 5.47. The van der Waals surface area contributed by atoms with Gasteiger partial charge in [0.1, 0.15) is 15.6 Å². The lowest BCUT2D eigenvalue weighted by molar-refractivity contribution is 0.108. The number of hydrogen-bond donors (Lipinski definition) is 0. The van der Waals surface area contributed by atoms with Crippen LogP contribution in [-0.2, 0) is 6.42 Å². The van der Waals surface area contributed by atoms with Crippen molar-refractivity contribution in [3.63, 3.8) is 0 Å². The number of aryl methyl sites for hydroxylation is 1. The lowest BCUT2D eigenvalue weighted by Crippen LogP contribution is -1.86. The standard InChI is InChI=1S/C13H10ClNO2S/c1-7-11(12(14)16)18-13(15-7)9-2-3-10-8(6-9)4-5-17-10/h2-3,6H,4-5H2,1H3. The molecule has 18 heavy (non-hydrogen) atoms. The number of halogens is 1. The van der Waals surface area contributed by atoms with Crippen LogP contribution in [0.15, 0.2) is 18.2 Å². The summed E-state index contributed by atoms with van der Waals surface area (Å²) in [5.74, 6) is 0.945. The van der Waals surface area contributed by atoms with Gasteiger partial charge in [0, 0.05) is 12.0 Å². The molecule has 0 saturated carbocycles. The molecule has 0 radical (unpaired) electrons. The first-order valence-corrected chi connectivity index (χ1v) is 6.78. The molecule has 0 amide bonds. The van der Waals surface area contributed by atoms with Gasteiger partial charge in [0.2, 0.25) is 0 Å². The smallest absolute Gasteiger partial charge is 0.264 e. The van der Waals surface area contributed by atoms with E-state index in [1.807, 2.05) is 12.1 Å². The Labute approximate surface area is 113 Å². The van der Waals surface area contributed by atoms with E-state index in [1.54, 1.807) is 6.92 Å². The molecule has 2 aromatic rings. The van der Waals surface area contributed by atoms with Gasteiger partial charge in [-0.2, -0.15) is 0 Å². The van der Waals surface area contributed by atoms with E-state index >= 15 is 0 Å². The van der Waals surface area contributed by atoms with E-state index in [0.29, 0.717) is 10.6 Å². The molecule has 0 unspecified atom stereocenters. The summed E-state index contributed by atoms with van der Waals surface area (Å²) in [5.41, 5.74) is 2.89. The molecule has 0 saturated heterocycles. The van der Waals surface area contributed by atoms with Gasteiger partial charge in [-0.3, -0.25) is 4.79 Å². The fourth-order valence-electron chi connectivity index (χ4n) is 2.02. The summed E-state index contributed by atoms with van der Waals surface area (Å²) >= 11 is 6.85. The Balaban J connectivity index is 2.05. The monoisotopic (exact) mass is 279 g/mol.